The molecule has 1 nitrogen and oxygen atoms in total. The van der Waals surface area contributed by atoms with E-state index in [9.17, 15) is 0 Å². The molecule has 108 valence electrons. The predicted octanol–water partition coefficient (Wildman–Crippen LogP) is 6.34. The third kappa shape index (κ3) is 12.0. The molecule has 1 atom stereocenters. The Hall–Kier alpha value is -0.510. The zero-order chi connectivity index (χ0) is 14.2. The molecule has 0 bridgehead atoms. The lowest BCUT2D eigenvalue weighted by Crippen LogP contribution is -2.15. The minimum absolute atomic E-state index is 1.01. The average Bonchev–Trinajstić information content (AvgIpc) is 2.43. The molecule has 0 aromatic rings. The van der Waals surface area contributed by atoms with E-state index >= 15 is 0 Å². The molecule has 1 fully saturated rings. The van der Waals surface area contributed by atoms with E-state index in [0.29, 0.717) is 0 Å². The Morgan fingerprint density at radius 2 is 1.61 bits per heavy atom. The highest BCUT2D eigenvalue weighted by atomic mass is 14.2. The molecular formula is C17H35N. The summed E-state index contributed by atoms with van der Waals surface area (Å²) in [5, 5.41) is 7.32. The smallest absolute Gasteiger partial charge is 0.0587 e. The van der Waals surface area contributed by atoms with Gasteiger partial charge in [0.1, 0.15) is 0 Å². The molecule has 0 aliphatic heterocycles. The van der Waals surface area contributed by atoms with Crippen LogP contribution in [0.15, 0.2) is 0 Å². The fraction of sp³-hybridized carbons (Fsp3) is 0.941. The molecule has 1 heteroatoms. The second-order valence-electron chi connectivity index (χ2n) is 5.09. The molecule has 0 saturated heterocycles. The van der Waals surface area contributed by atoms with E-state index in [2.05, 4.69) is 13.8 Å². The van der Waals surface area contributed by atoms with Crippen LogP contribution in [0.25, 0.3) is 0 Å². The first-order valence-electron chi connectivity index (χ1n) is 8.07. The summed E-state index contributed by atoms with van der Waals surface area (Å²) in [7, 11) is 0. The summed E-state index contributed by atoms with van der Waals surface area (Å²) in [5.74, 6) is 2.08. The molecular weight excluding hydrogens is 218 g/mol. The molecule has 0 radical (unpaired) electrons. The molecule has 1 aliphatic carbocycles. The molecule has 0 amide bonds. The standard InChI is InChI=1S/C13H26.C2H3N.C2H6/c1-3-4-6-9-12(2)13-10-7-5-8-11-13;1-2-3;1-2/h12-13H,3-11H2,1-2H3;1H3;1-2H3. The number of hydrogen-bond acceptors (Lipinski definition) is 1. The van der Waals surface area contributed by atoms with E-state index in [-0.39, 0.29) is 0 Å². The lowest BCUT2D eigenvalue weighted by Gasteiger charge is -2.27. The minimum Gasteiger partial charge on any atom is -0.199 e. The van der Waals surface area contributed by atoms with Crippen LogP contribution in [-0.4, -0.2) is 0 Å². The Balaban J connectivity index is 0. The Morgan fingerprint density at radius 3 is 2.06 bits per heavy atom. The molecule has 1 unspecified atom stereocenters. The number of unbranched alkanes of at least 4 members (excludes halogenated alkanes) is 2. The van der Waals surface area contributed by atoms with E-state index in [4.69, 9.17) is 5.26 Å². The van der Waals surface area contributed by atoms with Gasteiger partial charge >= 0.3 is 0 Å². The molecule has 18 heavy (non-hydrogen) atoms. The fourth-order valence-electron chi connectivity index (χ4n) is 2.66. The van der Waals surface area contributed by atoms with Crippen molar-refractivity contribution in [2.24, 2.45) is 11.8 Å². The van der Waals surface area contributed by atoms with Crippen LogP contribution in [-0.2, 0) is 0 Å². The van der Waals surface area contributed by atoms with Gasteiger partial charge in [-0.3, -0.25) is 0 Å². The summed E-state index contributed by atoms with van der Waals surface area (Å²) < 4.78 is 0. The van der Waals surface area contributed by atoms with Crippen LogP contribution in [0.1, 0.15) is 92.4 Å². The van der Waals surface area contributed by atoms with Gasteiger partial charge in [0.2, 0.25) is 0 Å². The Bertz CT molecular complexity index is 175. The fourth-order valence-corrected chi connectivity index (χ4v) is 2.66. The van der Waals surface area contributed by atoms with E-state index in [0.717, 1.165) is 11.8 Å². The highest BCUT2D eigenvalue weighted by Crippen LogP contribution is 2.32. The van der Waals surface area contributed by atoms with Gasteiger partial charge in [0.05, 0.1) is 6.07 Å². The number of nitrogens with zero attached hydrogens (tertiary/aromatic N) is 1. The minimum atomic E-state index is 1.01. The zero-order valence-corrected chi connectivity index (χ0v) is 13.5. The normalized spacial score (nSPS) is 16.4. The van der Waals surface area contributed by atoms with Crippen LogP contribution in [0.4, 0.5) is 0 Å². The first-order valence-corrected chi connectivity index (χ1v) is 8.07. The molecule has 1 saturated carbocycles. The van der Waals surface area contributed by atoms with Crippen molar-refractivity contribution in [3.05, 3.63) is 0 Å². The quantitative estimate of drug-likeness (QED) is 0.524. The maximum atomic E-state index is 7.32. The largest absolute Gasteiger partial charge is 0.199 e. The number of nitriles is 1. The SMILES string of the molecule is CC.CC#N.CCCCCC(C)C1CCCCC1. The molecule has 0 heterocycles. The summed E-state index contributed by atoms with van der Waals surface area (Å²) in [6.07, 6.45) is 13.3. The summed E-state index contributed by atoms with van der Waals surface area (Å²) in [6.45, 7) is 10.2. The lowest BCUT2D eigenvalue weighted by atomic mass is 9.79. The summed E-state index contributed by atoms with van der Waals surface area (Å²) in [6, 6.07) is 1.75. The molecule has 0 N–H and O–H groups in total. The highest BCUT2D eigenvalue weighted by molar-refractivity contribution is 4.71. The zero-order valence-electron chi connectivity index (χ0n) is 13.5. The van der Waals surface area contributed by atoms with Crippen molar-refractivity contribution < 1.29 is 0 Å². The van der Waals surface area contributed by atoms with Crippen molar-refractivity contribution in [3.8, 4) is 6.07 Å². The Morgan fingerprint density at radius 1 is 1.11 bits per heavy atom. The van der Waals surface area contributed by atoms with Crippen molar-refractivity contribution in [1.29, 1.82) is 5.26 Å². The van der Waals surface area contributed by atoms with Crippen LogP contribution >= 0.6 is 0 Å². The lowest BCUT2D eigenvalue weighted by molar-refractivity contribution is 0.248. The van der Waals surface area contributed by atoms with Gasteiger partial charge in [-0.25, -0.2) is 0 Å². The molecule has 1 rings (SSSR count). The average molecular weight is 253 g/mol. The first-order chi connectivity index (χ1) is 8.76. The van der Waals surface area contributed by atoms with Crippen molar-refractivity contribution in [3.63, 3.8) is 0 Å². The van der Waals surface area contributed by atoms with Crippen molar-refractivity contribution in [2.45, 2.75) is 92.4 Å². The van der Waals surface area contributed by atoms with Gasteiger partial charge in [-0.1, -0.05) is 85.5 Å². The molecule has 0 spiro atoms. The highest BCUT2D eigenvalue weighted by Gasteiger charge is 2.19. The van der Waals surface area contributed by atoms with Gasteiger partial charge < -0.3 is 0 Å². The maximum Gasteiger partial charge on any atom is 0.0587 e. The Labute approximate surface area is 116 Å². The van der Waals surface area contributed by atoms with Gasteiger partial charge in [-0.2, -0.15) is 5.26 Å². The van der Waals surface area contributed by atoms with Gasteiger partial charge in [0.15, 0.2) is 0 Å². The number of hydrogen-bond donors (Lipinski definition) is 0. The van der Waals surface area contributed by atoms with Crippen molar-refractivity contribution >= 4 is 0 Å². The van der Waals surface area contributed by atoms with Gasteiger partial charge in [0, 0.05) is 6.92 Å². The van der Waals surface area contributed by atoms with E-state index in [1.54, 1.807) is 6.07 Å². The van der Waals surface area contributed by atoms with Gasteiger partial charge in [-0.15, -0.1) is 0 Å². The van der Waals surface area contributed by atoms with E-state index < -0.39 is 0 Å². The molecule has 0 aromatic carbocycles. The first kappa shape index (κ1) is 19.8. The van der Waals surface area contributed by atoms with Gasteiger partial charge in [-0.05, 0) is 11.8 Å². The second-order valence-corrected chi connectivity index (χ2v) is 5.09. The predicted molar refractivity (Wildman–Crippen MR) is 82.5 cm³/mol. The topological polar surface area (TPSA) is 23.8 Å². The van der Waals surface area contributed by atoms with Gasteiger partial charge in [0.25, 0.3) is 0 Å². The monoisotopic (exact) mass is 253 g/mol. The number of rotatable bonds is 5. The van der Waals surface area contributed by atoms with Crippen LogP contribution in [0.5, 0.6) is 0 Å². The summed E-state index contributed by atoms with van der Waals surface area (Å²) in [4.78, 5) is 0. The van der Waals surface area contributed by atoms with Crippen molar-refractivity contribution in [2.75, 3.05) is 0 Å². The molecule has 1 aliphatic rings. The molecule has 0 aromatic heterocycles. The second kappa shape index (κ2) is 16.5. The van der Waals surface area contributed by atoms with E-state index in [1.807, 2.05) is 13.8 Å². The van der Waals surface area contributed by atoms with Crippen LogP contribution < -0.4 is 0 Å². The van der Waals surface area contributed by atoms with Crippen LogP contribution in [0.3, 0.4) is 0 Å². The third-order valence-electron chi connectivity index (χ3n) is 3.72. The third-order valence-corrected chi connectivity index (χ3v) is 3.72. The van der Waals surface area contributed by atoms with E-state index in [1.165, 1.54) is 64.7 Å². The summed E-state index contributed by atoms with van der Waals surface area (Å²) >= 11 is 0. The van der Waals surface area contributed by atoms with Crippen LogP contribution in [0, 0.1) is 23.2 Å². The summed E-state index contributed by atoms with van der Waals surface area (Å²) in [5.41, 5.74) is 0. The van der Waals surface area contributed by atoms with Crippen molar-refractivity contribution in [1.82, 2.24) is 0 Å². The van der Waals surface area contributed by atoms with Crippen LogP contribution in [0.2, 0.25) is 0 Å². The maximum absolute atomic E-state index is 7.32. The Kier molecular flexibility index (Phi) is 18.2.